The van der Waals surface area contributed by atoms with Crippen molar-refractivity contribution >= 4 is 16.1 Å². The maximum Gasteiger partial charge on any atom is 0.416 e. The molecule has 1 atom stereocenters. The molecule has 2 aliphatic rings. The summed E-state index contributed by atoms with van der Waals surface area (Å²) < 4.78 is 80.9. The first-order valence-electron chi connectivity index (χ1n) is 10.3. The topological polar surface area (TPSA) is 55.2 Å². The summed E-state index contributed by atoms with van der Waals surface area (Å²) in [5.74, 6) is -0.374. The third-order valence-corrected chi connectivity index (χ3v) is 8.04. The van der Waals surface area contributed by atoms with Crippen molar-refractivity contribution in [3.05, 3.63) is 82.9 Å². The molecule has 5 rings (SSSR count). The van der Waals surface area contributed by atoms with E-state index in [2.05, 4.69) is 5.10 Å². The number of rotatable bonds is 3. The van der Waals surface area contributed by atoms with Gasteiger partial charge in [-0.2, -0.15) is 22.6 Å². The summed E-state index contributed by atoms with van der Waals surface area (Å²) in [6.07, 6.45) is 0.336. The van der Waals surface area contributed by atoms with Crippen LogP contribution in [0.15, 0.2) is 65.2 Å². The number of sulfonamides is 1. The van der Waals surface area contributed by atoms with Crippen LogP contribution in [0.2, 0.25) is 0 Å². The van der Waals surface area contributed by atoms with Crippen LogP contribution in [0, 0.1) is 11.7 Å². The maximum absolute atomic E-state index is 13.3. The van der Waals surface area contributed by atoms with Gasteiger partial charge in [-0.1, -0.05) is 5.57 Å². The normalized spacial score (nSPS) is 19.0. The molecule has 1 aliphatic heterocycles. The van der Waals surface area contributed by atoms with E-state index >= 15 is 0 Å². The van der Waals surface area contributed by atoms with Crippen LogP contribution >= 0.6 is 0 Å². The summed E-state index contributed by atoms with van der Waals surface area (Å²) in [7, 11) is -3.91. The van der Waals surface area contributed by atoms with Crippen LogP contribution in [0.3, 0.4) is 0 Å². The van der Waals surface area contributed by atoms with E-state index in [1.807, 2.05) is 6.08 Å². The monoisotopic (exact) mass is 477 g/mol. The minimum atomic E-state index is -4.52. The fraction of sp³-hybridized carbons (Fsp3) is 0.261. The molecule has 0 saturated carbocycles. The molecule has 3 aromatic rings. The summed E-state index contributed by atoms with van der Waals surface area (Å²) in [5.41, 5.74) is 2.80. The van der Waals surface area contributed by atoms with Crippen molar-refractivity contribution in [3.8, 4) is 5.69 Å². The molecule has 33 heavy (non-hydrogen) atoms. The summed E-state index contributed by atoms with van der Waals surface area (Å²) in [4.78, 5) is -0.149. The average Bonchev–Trinajstić information content (AvgIpc) is 3.20. The second-order valence-corrected chi connectivity index (χ2v) is 10.1. The van der Waals surface area contributed by atoms with Gasteiger partial charge in [0, 0.05) is 13.1 Å². The Hall–Kier alpha value is -2.98. The van der Waals surface area contributed by atoms with Gasteiger partial charge >= 0.3 is 6.18 Å². The van der Waals surface area contributed by atoms with Crippen molar-refractivity contribution in [2.75, 3.05) is 13.1 Å². The minimum absolute atomic E-state index is 0.0404. The van der Waals surface area contributed by atoms with E-state index in [1.165, 1.54) is 16.4 Å². The highest BCUT2D eigenvalue weighted by atomic mass is 32.2. The Morgan fingerprint density at radius 3 is 2.36 bits per heavy atom. The maximum atomic E-state index is 13.3. The van der Waals surface area contributed by atoms with Crippen LogP contribution < -0.4 is 0 Å². The predicted molar refractivity (Wildman–Crippen MR) is 114 cm³/mol. The Labute approximate surface area is 188 Å². The quantitative estimate of drug-likeness (QED) is 0.515. The van der Waals surface area contributed by atoms with Gasteiger partial charge in [0.05, 0.1) is 28.0 Å². The van der Waals surface area contributed by atoms with E-state index in [4.69, 9.17) is 0 Å². The molecule has 2 heterocycles. The molecule has 172 valence electrons. The number of hydrogen-bond donors (Lipinski definition) is 0. The smallest absolute Gasteiger partial charge is 0.233 e. The van der Waals surface area contributed by atoms with Gasteiger partial charge < -0.3 is 0 Å². The molecule has 0 amide bonds. The summed E-state index contributed by atoms with van der Waals surface area (Å²) in [6.45, 7) is 0.488. The Morgan fingerprint density at radius 1 is 1.00 bits per heavy atom. The average molecular weight is 477 g/mol. The second kappa shape index (κ2) is 7.81. The number of aromatic nitrogens is 2. The third kappa shape index (κ3) is 3.97. The fourth-order valence-corrected chi connectivity index (χ4v) is 5.90. The van der Waals surface area contributed by atoms with Gasteiger partial charge in [-0.05, 0) is 78.9 Å². The molecular weight excluding hydrogens is 458 g/mol. The van der Waals surface area contributed by atoms with Crippen molar-refractivity contribution in [1.29, 1.82) is 0 Å². The predicted octanol–water partition coefficient (Wildman–Crippen LogP) is 4.68. The Balaban J connectivity index is 1.37. The lowest BCUT2D eigenvalue weighted by Gasteiger charge is -2.36. The van der Waals surface area contributed by atoms with E-state index in [9.17, 15) is 26.0 Å². The number of alkyl halides is 3. The number of hydrogen-bond acceptors (Lipinski definition) is 3. The molecule has 5 nitrogen and oxygen atoms in total. The standard InChI is InChI=1S/C23H19F4N3O2S/c24-19-3-5-20(6-4-19)30-22-12-15-9-10-29(14-17(15)11-16(22)13-28-30)33(31,32)21-7-1-18(2-8-21)23(25,26)27/h1-8,12-13,17H,9-11,14H2. The van der Waals surface area contributed by atoms with Gasteiger partial charge in [-0.15, -0.1) is 0 Å². The first-order chi connectivity index (χ1) is 15.6. The lowest BCUT2D eigenvalue weighted by atomic mass is 9.83. The van der Waals surface area contributed by atoms with E-state index < -0.39 is 21.8 Å². The number of piperidine rings is 1. The Kier molecular flexibility index (Phi) is 5.17. The third-order valence-electron chi connectivity index (χ3n) is 6.16. The van der Waals surface area contributed by atoms with E-state index in [-0.39, 0.29) is 29.7 Å². The molecule has 1 aromatic heterocycles. The molecule has 1 fully saturated rings. The molecule has 1 saturated heterocycles. The number of fused-ring (bicyclic) bond motifs is 2. The highest BCUT2D eigenvalue weighted by molar-refractivity contribution is 7.89. The Morgan fingerprint density at radius 2 is 1.70 bits per heavy atom. The highest BCUT2D eigenvalue weighted by Crippen LogP contribution is 2.37. The molecule has 0 radical (unpaired) electrons. The zero-order chi connectivity index (χ0) is 23.4. The second-order valence-electron chi connectivity index (χ2n) is 8.20. The van der Waals surface area contributed by atoms with Crippen LogP contribution in [-0.2, 0) is 22.6 Å². The van der Waals surface area contributed by atoms with Gasteiger partial charge in [-0.25, -0.2) is 17.5 Å². The van der Waals surface area contributed by atoms with E-state index in [0.717, 1.165) is 46.8 Å². The zero-order valence-corrected chi connectivity index (χ0v) is 18.1. The van der Waals surface area contributed by atoms with Crippen LogP contribution in [0.5, 0.6) is 0 Å². The molecule has 2 aromatic carbocycles. The van der Waals surface area contributed by atoms with Crippen molar-refractivity contribution in [3.63, 3.8) is 0 Å². The van der Waals surface area contributed by atoms with Gasteiger partial charge in [-0.3, -0.25) is 0 Å². The molecule has 1 unspecified atom stereocenters. The van der Waals surface area contributed by atoms with Gasteiger partial charge in [0.15, 0.2) is 0 Å². The van der Waals surface area contributed by atoms with E-state index in [0.29, 0.717) is 12.8 Å². The van der Waals surface area contributed by atoms with Gasteiger partial charge in [0.1, 0.15) is 5.82 Å². The van der Waals surface area contributed by atoms with Crippen molar-refractivity contribution in [2.24, 2.45) is 5.92 Å². The zero-order valence-electron chi connectivity index (χ0n) is 17.3. The van der Waals surface area contributed by atoms with Crippen molar-refractivity contribution in [2.45, 2.75) is 23.9 Å². The molecular formula is C23H19F4N3O2S. The first-order valence-corrected chi connectivity index (χ1v) is 11.8. The largest absolute Gasteiger partial charge is 0.416 e. The molecule has 1 aliphatic carbocycles. The molecule has 0 spiro atoms. The first kappa shape index (κ1) is 21.8. The van der Waals surface area contributed by atoms with Crippen molar-refractivity contribution in [1.82, 2.24) is 14.1 Å². The summed E-state index contributed by atoms with van der Waals surface area (Å²) >= 11 is 0. The fourth-order valence-electron chi connectivity index (χ4n) is 4.41. The van der Waals surface area contributed by atoms with Crippen LogP contribution in [-0.4, -0.2) is 35.6 Å². The van der Waals surface area contributed by atoms with Crippen LogP contribution in [0.1, 0.15) is 23.2 Å². The number of halogens is 4. The minimum Gasteiger partial charge on any atom is -0.233 e. The number of benzene rings is 2. The summed E-state index contributed by atoms with van der Waals surface area (Å²) in [6, 6.07) is 9.63. The van der Waals surface area contributed by atoms with Crippen molar-refractivity contribution < 1.29 is 26.0 Å². The lowest BCUT2D eigenvalue weighted by molar-refractivity contribution is -0.137. The number of nitrogens with zero attached hydrogens (tertiary/aromatic N) is 3. The SMILES string of the molecule is O=S(=O)(c1ccc(C(F)(F)F)cc1)N1CCC2=Cc3c(cnn3-c3ccc(F)cc3)CC2C1. The van der Waals surface area contributed by atoms with Gasteiger partial charge in [0.25, 0.3) is 0 Å². The highest BCUT2D eigenvalue weighted by Gasteiger charge is 2.36. The van der Waals surface area contributed by atoms with Gasteiger partial charge in [0.2, 0.25) is 10.0 Å². The molecule has 10 heteroatoms. The molecule has 0 bridgehead atoms. The van der Waals surface area contributed by atoms with E-state index in [1.54, 1.807) is 23.0 Å². The van der Waals surface area contributed by atoms with Crippen LogP contribution in [0.4, 0.5) is 17.6 Å². The lowest BCUT2D eigenvalue weighted by Crippen LogP contribution is -2.42. The van der Waals surface area contributed by atoms with Crippen LogP contribution in [0.25, 0.3) is 11.8 Å². The summed E-state index contributed by atoms with van der Waals surface area (Å²) in [5, 5.41) is 4.42. The molecule has 0 N–H and O–H groups in total. The Bertz CT molecular complexity index is 1330.